The number of pyridine rings is 1. The van der Waals surface area contributed by atoms with Crippen molar-refractivity contribution in [3.63, 3.8) is 0 Å². The van der Waals surface area contributed by atoms with Crippen LogP contribution in [0.25, 0.3) is 0 Å². The number of aliphatic hydroxyl groups excluding tert-OH is 1. The minimum absolute atomic E-state index is 0.131. The van der Waals surface area contributed by atoms with Crippen LogP contribution in [0.1, 0.15) is 11.9 Å². The number of anilines is 1. The van der Waals surface area contributed by atoms with Gasteiger partial charge in [0.05, 0.1) is 0 Å². The van der Waals surface area contributed by atoms with Gasteiger partial charge < -0.3 is 15.1 Å². The van der Waals surface area contributed by atoms with E-state index in [9.17, 15) is 15.1 Å². The van der Waals surface area contributed by atoms with Gasteiger partial charge in [-0.15, -0.1) is 0 Å². The number of nitrogens with zero attached hydrogens (tertiary/aromatic N) is 1. The SMILES string of the molecule is O=C(Nc1ccccc1)OC(O)c1cc[n+]([O-])c(Cl)c1. The highest BCUT2D eigenvalue weighted by Crippen LogP contribution is 2.17. The fourth-order valence-corrected chi connectivity index (χ4v) is 1.65. The van der Waals surface area contributed by atoms with E-state index in [2.05, 4.69) is 5.32 Å². The third-order valence-electron chi connectivity index (χ3n) is 2.42. The maximum Gasteiger partial charge on any atom is 0.414 e. The van der Waals surface area contributed by atoms with E-state index in [0.717, 1.165) is 6.20 Å². The van der Waals surface area contributed by atoms with Crippen LogP contribution in [0.4, 0.5) is 10.5 Å². The summed E-state index contributed by atoms with van der Waals surface area (Å²) >= 11 is 5.61. The third-order valence-corrected chi connectivity index (χ3v) is 2.70. The maximum absolute atomic E-state index is 11.6. The summed E-state index contributed by atoms with van der Waals surface area (Å²) < 4.78 is 5.19. The van der Waals surface area contributed by atoms with E-state index in [-0.39, 0.29) is 10.7 Å². The molecule has 0 bridgehead atoms. The molecule has 2 rings (SSSR count). The van der Waals surface area contributed by atoms with Gasteiger partial charge in [0, 0.05) is 23.4 Å². The number of aliphatic hydroxyl groups is 1. The fourth-order valence-electron chi connectivity index (χ4n) is 1.47. The van der Waals surface area contributed by atoms with E-state index < -0.39 is 12.4 Å². The van der Waals surface area contributed by atoms with Gasteiger partial charge in [-0.25, -0.2) is 4.79 Å². The lowest BCUT2D eigenvalue weighted by molar-refractivity contribution is -0.603. The summed E-state index contributed by atoms with van der Waals surface area (Å²) in [6, 6.07) is 11.2. The molecule has 2 aromatic rings. The largest absolute Gasteiger partial charge is 0.618 e. The molecular weight excluding hydrogens is 284 g/mol. The monoisotopic (exact) mass is 294 g/mol. The molecule has 0 spiro atoms. The van der Waals surface area contributed by atoms with Crippen molar-refractivity contribution in [2.24, 2.45) is 0 Å². The van der Waals surface area contributed by atoms with Crippen LogP contribution in [0.3, 0.4) is 0 Å². The first-order chi connectivity index (χ1) is 9.56. The molecule has 0 saturated heterocycles. The second-order valence-corrected chi connectivity index (χ2v) is 4.24. The van der Waals surface area contributed by atoms with Crippen LogP contribution in [0.15, 0.2) is 48.7 Å². The van der Waals surface area contributed by atoms with Crippen molar-refractivity contribution >= 4 is 23.4 Å². The number of nitrogens with one attached hydrogen (secondary N) is 1. The lowest BCUT2D eigenvalue weighted by Crippen LogP contribution is -2.27. The molecule has 1 aromatic heterocycles. The predicted molar refractivity (Wildman–Crippen MR) is 71.9 cm³/mol. The van der Waals surface area contributed by atoms with E-state index in [0.29, 0.717) is 10.4 Å². The Morgan fingerprint density at radius 3 is 2.70 bits per heavy atom. The topological polar surface area (TPSA) is 85.5 Å². The number of carbonyl (C=O) groups excluding carboxylic acids is 1. The highest BCUT2D eigenvalue weighted by atomic mass is 35.5. The Morgan fingerprint density at radius 2 is 2.05 bits per heavy atom. The molecule has 0 aliphatic carbocycles. The summed E-state index contributed by atoms with van der Waals surface area (Å²) in [5, 5.41) is 23.1. The normalized spacial score (nSPS) is 11.7. The Kier molecular flexibility index (Phi) is 4.39. The van der Waals surface area contributed by atoms with Crippen LogP contribution < -0.4 is 10.0 Å². The van der Waals surface area contributed by atoms with Crippen LogP contribution in [-0.4, -0.2) is 11.2 Å². The Morgan fingerprint density at radius 1 is 1.35 bits per heavy atom. The van der Waals surface area contributed by atoms with E-state index in [1.165, 1.54) is 12.1 Å². The highest BCUT2D eigenvalue weighted by Gasteiger charge is 2.16. The van der Waals surface area contributed by atoms with Gasteiger partial charge in [0.25, 0.3) is 5.15 Å². The molecule has 1 aromatic carbocycles. The average Bonchev–Trinajstić information content (AvgIpc) is 2.42. The predicted octanol–water partition coefficient (Wildman–Crippen LogP) is 2.21. The summed E-state index contributed by atoms with van der Waals surface area (Å²) in [6.07, 6.45) is -1.23. The van der Waals surface area contributed by atoms with Crippen molar-refractivity contribution < 1.29 is 19.4 Å². The number of rotatable bonds is 3. The number of ether oxygens (including phenoxy) is 1. The van der Waals surface area contributed by atoms with Gasteiger partial charge in [0.15, 0.2) is 6.20 Å². The van der Waals surface area contributed by atoms with Gasteiger partial charge in [-0.05, 0) is 23.7 Å². The second kappa shape index (κ2) is 6.23. The molecule has 1 unspecified atom stereocenters. The first-order valence-corrected chi connectivity index (χ1v) is 6.03. The molecule has 104 valence electrons. The van der Waals surface area contributed by atoms with Crippen LogP contribution in [-0.2, 0) is 4.74 Å². The molecule has 20 heavy (non-hydrogen) atoms. The standard InChI is InChI=1S/C13H11ClN2O4/c14-11-8-9(6-7-16(11)19)12(17)20-13(18)15-10-4-2-1-3-5-10/h1-8,12,17H,(H,15,18). The molecule has 0 aliphatic rings. The molecule has 0 radical (unpaired) electrons. The van der Waals surface area contributed by atoms with Gasteiger partial charge in [-0.1, -0.05) is 18.2 Å². The number of halogens is 1. The van der Waals surface area contributed by atoms with Crippen molar-refractivity contribution in [2.75, 3.05) is 5.32 Å². The quantitative estimate of drug-likeness (QED) is 0.393. The first kappa shape index (κ1) is 14.1. The second-order valence-electron chi connectivity index (χ2n) is 3.86. The van der Waals surface area contributed by atoms with Gasteiger partial charge in [0.1, 0.15) is 0 Å². The Labute approximate surface area is 119 Å². The number of para-hydroxylation sites is 1. The van der Waals surface area contributed by atoms with E-state index in [1.54, 1.807) is 30.3 Å². The van der Waals surface area contributed by atoms with Crippen LogP contribution in [0, 0.1) is 5.21 Å². The fraction of sp³-hybridized carbons (Fsp3) is 0.0769. The van der Waals surface area contributed by atoms with E-state index >= 15 is 0 Å². The third kappa shape index (κ3) is 3.59. The van der Waals surface area contributed by atoms with Crippen molar-refractivity contribution in [3.8, 4) is 0 Å². The molecule has 0 saturated carbocycles. The van der Waals surface area contributed by atoms with E-state index in [1.807, 2.05) is 0 Å². The van der Waals surface area contributed by atoms with Crippen molar-refractivity contribution in [1.82, 2.24) is 0 Å². The minimum atomic E-state index is -1.52. The molecule has 2 N–H and O–H groups in total. The Hall–Kier alpha value is -2.31. The summed E-state index contributed by atoms with van der Waals surface area (Å²) in [7, 11) is 0. The molecule has 1 heterocycles. The molecule has 7 heteroatoms. The zero-order chi connectivity index (χ0) is 14.5. The van der Waals surface area contributed by atoms with Crippen molar-refractivity contribution in [2.45, 2.75) is 6.29 Å². The number of hydrogen-bond acceptors (Lipinski definition) is 4. The van der Waals surface area contributed by atoms with Gasteiger partial charge in [0.2, 0.25) is 6.29 Å². The molecule has 1 atom stereocenters. The Balaban J connectivity index is 1.98. The van der Waals surface area contributed by atoms with Gasteiger partial charge in [-0.3, -0.25) is 5.32 Å². The maximum atomic E-state index is 11.6. The molecule has 0 fully saturated rings. The number of carbonyl (C=O) groups is 1. The smallest absolute Gasteiger partial charge is 0.414 e. The van der Waals surface area contributed by atoms with Crippen LogP contribution in [0.2, 0.25) is 5.15 Å². The molecular formula is C13H11ClN2O4. The summed E-state index contributed by atoms with van der Waals surface area (Å²) in [5.74, 6) is 0. The van der Waals surface area contributed by atoms with Crippen molar-refractivity contribution in [3.05, 3.63) is 64.6 Å². The number of benzene rings is 1. The Bertz CT molecular complexity index is 607. The number of aromatic nitrogens is 1. The van der Waals surface area contributed by atoms with Crippen LogP contribution >= 0.6 is 11.6 Å². The molecule has 6 nitrogen and oxygen atoms in total. The summed E-state index contributed by atoms with van der Waals surface area (Å²) in [6.45, 7) is 0. The number of amides is 1. The van der Waals surface area contributed by atoms with Crippen LogP contribution in [0.5, 0.6) is 0 Å². The highest BCUT2D eigenvalue weighted by molar-refractivity contribution is 6.28. The number of hydrogen-bond donors (Lipinski definition) is 2. The lowest BCUT2D eigenvalue weighted by Gasteiger charge is -2.13. The van der Waals surface area contributed by atoms with Crippen molar-refractivity contribution in [1.29, 1.82) is 0 Å². The molecule has 1 amide bonds. The minimum Gasteiger partial charge on any atom is -0.618 e. The average molecular weight is 295 g/mol. The molecule has 0 aliphatic heterocycles. The lowest BCUT2D eigenvalue weighted by atomic mass is 10.2. The summed E-state index contributed by atoms with van der Waals surface area (Å²) in [4.78, 5) is 11.6. The zero-order valence-corrected chi connectivity index (χ0v) is 10.9. The van der Waals surface area contributed by atoms with Gasteiger partial charge >= 0.3 is 6.09 Å². The summed E-state index contributed by atoms with van der Waals surface area (Å²) in [5.41, 5.74) is 0.735. The van der Waals surface area contributed by atoms with E-state index in [4.69, 9.17) is 16.3 Å². The first-order valence-electron chi connectivity index (χ1n) is 5.65. The van der Waals surface area contributed by atoms with Gasteiger partial charge in [-0.2, -0.15) is 4.73 Å². The zero-order valence-electron chi connectivity index (χ0n) is 10.2.